The molecule has 0 radical (unpaired) electrons. The summed E-state index contributed by atoms with van der Waals surface area (Å²) in [5.74, 6) is -0.613. The van der Waals surface area contributed by atoms with E-state index < -0.39 is 5.91 Å². The van der Waals surface area contributed by atoms with Gasteiger partial charge in [0.2, 0.25) is 17.7 Å². The van der Waals surface area contributed by atoms with Gasteiger partial charge in [0.15, 0.2) is 0 Å². The Balaban J connectivity index is 2.00. The third-order valence-corrected chi connectivity index (χ3v) is 4.25. The Morgan fingerprint density at radius 3 is 2.81 bits per heavy atom. The molecule has 112 valence electrons. The number of thioether (sulfide) groups is 1. The first-order valence-corrected chi connectivity index (χ1v) is 7.62. The molecule has 3 amide bonds. The van der Waals surface area contributed by atoms with Gasteiger partial charge < -0.3 is 16.4 Å². The second kappa shape index (κ2) is 7.12. The summed E-state index contributed by atoms with van der Waals surface area (Å²) in [5, 5.41) is 5.54. The summed E-state index contributed by atoms with van der Waals surface area (Å²) >= 11 is 1.29. The van der Waals surface area contributed by atoms with Gasteiger partial charge in [0.05, 0.1) is 17.4 Å². The van der Waals surface area contributed by atoms with Gasteiger partial charge in [0, 0.05) is 17.9 Å². The molecule has 6 nitrogen and oxygen atoms in total. The normalized spacial score (nSPS) is 17.9. The summed E-state index contributed by atoms with van der Waals surface area (Å²) < 4.78 is 0. The molecule has 0 aliphatic carbocycles. The zero-order valence-electron chi connectivity index (χ0n) is 11.4. The van der Waals surface area contributed by atoms with Gasteiger partial charge in [0.25, 0.3) is 0 Å². The minimum absolute atomic E-state index is 0.0172. The summed E-state index contributed by atoms with van der Waals surface area (Å²) in [7, 11) is 0. The predicted octanol–water partition coefficient (Wildman–Crippen LogP) is 0.729. The Kier molecular flexibility index (Phi) is 5.21. The van der Waals surface area contributed by atoms with Crippen molar-refractivity contribution in [1.29, 1.82) is 0 Å². The lowest BCUT2D eigenvalue weighted by Gasteiger charge is -2.22. The van der Waals surface area contributed by atoms with Crippen molar-refractivity contribution in [3.8, 4) is 0 Å². The number of piperidine rings is 1. The van der Waals surface area contributed by atoms with Crippen LogP contribution in [0.4, 0.5) is 5.69 Å². The molecule has 1 unspecified atom stereocenters. The summed E-state index contributed by atoms with van der Waals surface area (Å²) in [4.78, 5) is 35.0. The number of anilines is 1. The van der Waals surface area contributed by atoms with E-state index in [1.165, 1.54) is 11.8 Å². The molecular formula is C14H17N3O3S. The maximum atomic E-state index is 12.2. The number of hydrogen-bond acceptors (Lipinski definition) is 4. The smallest absolute Gasteiger partial charge is 0.229 e. The SMILES string of the molecule is NC(=O)CSc1ccccc1NC(=O)C1CCC(=O)NC1. The molecule has 0 saturated carbocycles. The third kappa shape index (κ3) is 4.49. The molecule has 21 heavy (non-hydrogen) atoms. The quantitative estimate of drug-likeness (QED) is 0.698. The van der Waals surface area contributed by atoms with Crippen molar-refractivity contribution in [2.24, 2.45) is 11.7 Å². The van der Waals surface area contributed by atoms with E-state index in [0.29, 0.717) is 25.1 Å². The van der Waals surface area contributed by atoms with Crippen LogP contribution in [-0.4, -0.2) is 30.0 Å². The van der Waals surface area contributed by atoms with Crippen LogP contribution in [0.3, 0.4) is 0 Å². The maximum absolute atomic E-state index is 12.2. The number of amides is 3. The first-order chi connectivity index (χ1) is 10.1. The highest BCUT2D eigenvalue weighted by molar-refractivity contribution is 8.00. The van der Waals surface area contributed by atoms with Crippen LogP contribution < -0.4 is 16.4 Å². The van der Waals surface area contributed by atoms with E-state index in [0.717, 1.165) is 4.90 Å². The molecule has 1 aromatic rings. The fourth-order valence-electron chi connectivity index (χ4n) is 2.04. The first-order valence-electron chi connectivity index (χ1n) is 6.64. The summed E-state index contributed by atoms with van der Waals surface area (Å²) in [6.45, 7) is 0.362. The Hall–Kier alpha value is -2.02. The summed E-state index contributed by atoms with van der Waals surface area (Å²) in [6.07, 6.45) is 0.921. The molecule has 4 N–H and O–H groups in total. The van der Waals surface area contributed by atoms with Crippen LogP contribution in [0.5, 0.6) is 0 Å². The number of rotatable bonds is 5. The van der Waals surface area contributed by atoms with Gasteiger partial charge in [0.1, 0.15) is 0 Å². The average Bonchev–Trinajstić information content (AvgIpc) is 2.47. The highest BCUT2D eigenvalue weighted by atomic mass is 32.2. The lowest BCUT2D eigenvalue weighted by Crippen LogP contribution is -2.40. The van der Waals surface area contributed by atoms with E-state index in [1.54, 1.807) is 6.07 Å². The molecule has 0 spiro atoms. The van der Waals surface area contributed by atoms with E-state index in [1.807, 2.05) is 18.2 Å². The highest BCUT2D eigenvalue weighted by Gasteiger charge is 2.24. The molecule has 1 aliphatic heterocycles. The van der Waals surface area contributed by atoms with Crippen molar-refractivity contribution in [3.05, 3.63) is 24.3 Å². The Labute approximate surface area is 126 Å². The lowest BCUT2D eigenvalue weighted by atomic mass is 9.98. The standard InChI is InChI=1S/C14H17N3O3S/c15-12(18)8-21-11-4-2-1-3-10(11)17-14(20)9-5-6-13(19)16-7-9/h1-4,9H,5-8H2,(H2,15,18)(H,16,19)(H,17,20). The third-order valence-electron chi connectivity index (χ3n) is 3.15. The van der Waals surface area contributed by atoms with Gasteiger partial charge in [-0.3, -0.25) is 14.4 Å². The average molecular weight is 307 g/mol. The lowest BCUT2D eigenvalue weighted by molar-refractivity contribution is -0.126. The number of nitrogens with one attached hydrogen (secondary N) is 2. The Morgan fingerprint density at radius 2 is 2.14 bits per heavy atom. The van der Waals surface area contributed by atoms with Gasteiger partial charge in [-0.25, -0.2) is 0 Å². The molecule has 1 aromatic carbocycles. The van der Waals surface area contributed by atoms with Crippen molar-refractivity contribution >= 4 is 35.2 Å². The van der Waals surface area contributed by atoms with Gasteiger partial charge in [-0.15, -0.1) is 11.8 Å². The fraction of sp³-hybridized carbons (Fsp3) is 0.357. The monoisotopic (exact) mass is 307 g/mol. The molecule has 1 atom stereocenters. The minimum Gasteiger partial charge on any atom is -0.369 e. The van der Waals surface area contributed by atoms with Crippen molar-refractivity contribution in [2.45, 2.75) is 17.7 Å². The minimum atomic E-state index is -0.406. The zero-order valence-corrected chi connectivity index (χ0v) is 12.2. The van der Waals surface area contributed by atoms with Crippen molar-refractivity contribution < 1.29 is 14.4 Å². The van der Waals surface area contributed by atoms with Crippen molar-refractivity contribution in [2.75, 3.05) is 17.6 Å². The molecule has 2 rings (SSSR count). The topological polar surface area (TPSA) is 101 Å². The van der Waals surface area contributed by atoms with Crippen LogP contribution >= 0.6 is 11.8 Å². The molecule has 1 heterocycles. The Morgan fingerprint density at radius 1 is 1.38 bits per heavy atom. The second-order valence-corrected chi connectivity index (χ2v) is 5.80. The largest absolute Gasteiger partial charge is 0.369 e. The summed E-state index contributed by atoms with van der Waals surface area (Å²) in [6, 6.07) is 7.25. The number of carbonyl (C=O) groups excluding carboxylic acids is 3. The van der Waals surface area contributed by atoms with Crippen LogP contribution in [0.1, 0.15) is 12.8 Å². The molecular weight excluding hydrogens is 290 g/mol. The van der Waals surface area contributed by atoms with E-state index >= 15 is 0 Å². The molecule has 0 bridgehead atoms. The first kappa shape index (κ1) is 15.4. The van der Waals surface area contributed by atoms with Gasteiger partial charge in [-0.05, 0) is 18.6 Å². The van der Waals surface area contributed by atoms with Gasteiger partial charge >= 0.3 is 0 Å². The zero-order chi connectivity index (χ0) is 15.2. The maximum Gasteiger partial charge on any atom is 0.229 e. The number of hydrogen-bond donors (Lipinski definition) is 3. The van der Waals surface area contributed by atoms with Crippen LogP contribution in [0.25, 0.3) is 0 Å². The molecule has 1 saturated heterocycles. The fourth-order valence-corrected chi connectivity index (χ4v) is 2.78. The summed E-state index contributed by atoms with van der Waals surface area (Å²) in [5.41, 5.74) is 5.79. The number of para-hydroxylation sites is 1. The number of nitrogens with two attached hydrogens (primary N) is 1. The molecule has 0 aromatic heterocycles. The van der Waals surface area contributed by atoms with Crippen LogP contribution in [0.15, 0.2) is 29.2 Å². The van der Waals surface area contributed by atoms with Gasteiger partial charge in [-0.1, -0.05) is 12.1 Å². The molecule has 1 aliphatic rings. The van der Waals surface area contributed by atoms with E-state index in [9.17, 15) is 14.4 Å². The second-order valence-electron chi connectivity index (χ2n) is 4.78. The van der Waals surface area contributed by atoms with E-state index in [-0.39, 0.29) is 23.5 Å². The Bertz CT molecular complexity index is 552. The molecule has 7 heteroatoms. The van der Waals surface area contributed by atoms with Crippen molar-refractivity contribution in [3.63, 3.8) is 0 Å². The highest BCUT2D eigenvalue weighted by Crippen LogP contribution is 2.27. The van der Waals surface area contributed by atoms with E-state index in [4.69, 9.17) is 5.73 Å². The molecule has 1 fully saturated rings. The van der Waals surface area contributed by atoms with Crippen LogP contribution in [0, 0.1) is 5.92 Å². The van der Waals surface area contributed by atoms with Crippen LogP contribution in [0.2, 0.25) is 0 Å². The number of primary amides is 1. The predicted molar refractivity (Wildman–Crippen MR) is 80.7 cm³/mol. The van der Waals surface area contributed by atoms with Gasteiger partial charge in [-0.2, -0.15) is 0 Å². The van der Waals surface area contributed by atoms with Crippen LogP contribution in [-0.2, 0) is 14.4 Å². The number of carbonyl (C=O) groups is 3. The number of benzene rings is 1. The van der Waals surface area contributed by atoms with Crippen molar-refractivity contribution in [1.82, 2.24) is 5.32 Å². The van der Waals surface area contributed by atoms with E-state index in [2.05, 4.69) is 10.6 Å².